The van der Waals surface area contributed by atoms with Gasteiger partial charge < -0.3 is 10.2 Å². The molecule has 108 valence electrons. The zero-order valence-electron chi connectivity index (χ0n) is 11.6. The van der Waals surface area contributed by atoms with Crippen molar-refractivity contribution in [2.75, 3.05) is 38.2 Å². The molecular formula is C13H27ClN2OS. The molecule has 0 aromatic carbocycles. The summed E-state index contributed by atoms with van der Waals surface area (Å²) in [6.45, 7) is 6.24. The van der Waals surface area contributed by atoms with E-state index >= 15 is 0 Å². The van der Waals surface area contributed by atoms with Crippen LogP contribution in [0.4, 0.5) is 0 Å². The third-order valence-electron chi connectivity index (χ3n) is 3.39. The number of amides is 1. The standard InChI is InChI=1S/C13H26N2OS.ClH/c1-3-14-11-12-6-8-15(9-7-12)13(16)5-4-10-17-2;/h12,14H,3-11H2,1-2H3;1H. The van der Waals surface area contributed by atoms with Gasteiger partial charge in [-0.25, -0.2) is 0 Å². The quantitative estimate of drug-likeness (QED) is 0.732. The monoisotopic (exact) mass is 294 g/mol. The van der Waals surface area contributed by atoms with Gasteiger partial charge in [0.2, 0.25) is 5.91 Å². The topological polar surface area (TPSA) is 32.3 Å². The third kappa shape index (κ3) is 6.86. The van der Waals surface area contributed by atoms with Crippen molar-refractivity contribution in [3.05, 3.63) is 0 Å². The van der Waals surface area contributed by atoms with Crippen molar-refractivity contribution in [3.8, 4) is 0 Å². The van der Waals surface area contributed by atoms with Gasteiger partial charge >= 0.3 is 0 Å². The Bertz CT molecular complexity index is 221. The van der Waals surface area contributed by atoms with Crippen molar-refractivity contribution in [1.29, 1.82) is 0 Å². The molecule has 0 aromatic heterocycles. The summed E-state index contributed by atoms with van der Waals surface area (Å²) in [6.07, 6.45) is 6.19. The molecule has 0 radical (unpaired) electrons. The van der Waals surface area contributed by atoms with Gasteiger partial charge in [0.1, 0.15) is 0 Å². The van der Waals surface area contributed by atoms with E-state index in [9.17, 15) is 4.79 Å². The van der Waals surface area contributed by atoms with Gasteiger partial charge in [0.05, 0.1) is 0 Å². The van der Waals surface area contributed by atoms with Crippen LogP contribution in [0.25, 0.3) is 0 Å². The van der Waals surface area contributed by atoms with Crippen molar-refractivity contribution >= 4 is 30.1 Å². The predicted molar refractivity (Wildman–Crippen MR) is 82.7 cm³/mol. The smallest absolute Gasteiger partial charge is 0.222 e. The number of thioether (sulfide) groups is 1. The first-order valence-electron chi connectivity index (χ1n) is 6.75. The number of carbonyl (C=O) groups is 1. The molecule has 1 aliphatic rings. The van der Waals surface area contributed by atoms with Gasteiger partial charge in [-0.2, -0.15) is 11.8 Å². The molecule has 0 aromatic rings. The minimum atomic E-state index is 0. The van der Waals surface area contributed by atoms with Crippen LogP contribution in [-0.4, -0.2) is 49.0 Å². The molecule has 1 heterocycles. The molecule has 18 heavy (non-hydrogen) atoms. The molecule has 0 aliphatic carbocycles. The summed E-state index contributed by atoms with van der Waals surface area (Å²) in [5.74, 6) is 2.23. The maximum atomic E-state index is 11.9. The fraction of sp³-hybridized carbons (Fsp3) is 0.923. The van der Waals surface area contributed by atoms with Crippen molar-refractivity contribution in [2.24, 2.45) is 5.92 Å². The zero-order valence-corrected chi connectivity index (χ0v) is 13.2. The lowest BCUT2D eigenvalue weighted by Crippen LogP contribution is -2.40. The van der Waals surface area contributed by atoms with Crippen LogP contribution in [0, 0.1) is 5.92 Å². The van der Waals surface area contributed by atoms with Crippen molar-refractivity contribution < 1.29 is 4.79 Å². The molecule has 1 N–H and O–H groups in total. The normalized spacial score (nSPS) is 16.4. The molecule has 0 unspecified atom stereocenters. The van der Waals surface area contributed by atoms with Crippen LogP contribution in [0.5, 0.6) is 0 Å². The second-order valence-corrected chi connectivity index (χ2v) is 5.71. The van der Waals surface area contributed by atoms with Gasteiger partial charge in [-0.3, -0.25) is 4.79 Å². The Morgan fingerprint density at radius 3 is 2.61 bits per heavy atom. The average molecular weight is 295 g/mol. The molecule has 1 amide bonds. The zero-order chi connectivity index (χ0) is 12.5. The lowest BCUT2D eigenvalue weighted by molar-refractivity contribution is -0.132. The number of rotatable bonds is 7. The van der Waals surface area contributed by atoms with Gasteiger partial charge in [-0.05, 0) is 50.3 Å². The van der Waals surface area contributed by atoms with Crippen LogP contribution >= 0.6 is 24.2 Å². The Morgan fingerprint density at radius 2 is 2.06 bits per heavy atom. The molecule has 0 spiro atoms. The molecule has 1 saturated heterocycles. The maximum absolute atomic E-state index is 11.9. The molecule has 0 atom stereocenters. The van der Waals surface area contributed by atoms with Gasteiger partial charge in [0.15, 0.2) is 0 Å². The maximum Gasteiger partial charge on any atom is 0.222 e. The highest BCUT2D eigenvalue weighted by Gasteiger charge is 2.21. The SMILES string of the molecule is CCNCC1CCN(C(=O)CCCSC)CC1.Cl. The number of halogens is 1. The minimum Gasteiger partial charge on any atom is -0.343 e. The summed E-state index contributed by atoms with van der Waals surface area (Å²) in [7, 11) is 0. The van der Waals surface area contributed by atoms with Crippen LogP contribution in [0.1, 0.15) is 32.6 Å². The summed E-state index contributed by atoms with van der Waals surface area (Å²) >= 11 is 1.82. The Kier molecular flexibility index (Phi) is 11.0. The van der Waals surface area contributed by atoms with Crippen molar-refractivity contribution in [2.45, 2.75) is 32.6 Å². The third-order valence-corrected chi connectivity index (χ3v) is 4.09. The predicted octanol–water partition coefficient (Wildman–Crippen LogP) is 2.40. The minimum absolute atomic E-state index is 0. The molecule has 0 bridgehead atoms. The second-order valence-electron chi connectivity index (χ2n) is 4.73. The molecule has 1 fully saturated rings. The van der Waals surface area contributed by atoms with Gasteiger partial charge in [-0.15, -0.1) is 12.4 Å². The van der Waals surface area contributed by atoms with E-state index in [1.165, 1.54) is 12.8 Å². The number of hydrogen-bond acceptors (Lipinski definition) is 3. The Balaban J connectivity index is 0.00000289. The van der Waals surface area contributed by atoms with Crippen LogP contribution in [0.15, 0.2) is 0 Å². The summed E-state index contributed by atoms with van der Waals surface area (Å²) in [5.41, 5.74) is 0. The van der Waals surface area contributed by atoms with E-state index in [0.717, 1.165) is 50.7 Å². The van der Waals surface area contributed by atoms with Gasteiger partial charge in [0.25, 0.3) is 0 Å². The van der Waals surface area contributed by atoms with Crippen LogP contribution in [0.3, 0.4) is 0 Å². The number of hydrogen-bond donors (Lipinski definition) is 1. The lowest BCUT2D eigenvalue weighted by Gasteiger charge is -2.32. The highest BCUT2D eigenvalue weighted by atomic mass is 35.5. The average Bonchev–Trinajstić information content (AvgIpc) is 2.37. The first kappa shape index (κ1) is 18.1. The van der Waals surface area contributed by atoms with E-state index in [1.54, 1.807) is 0 Å². The summed E-state index contributed by atoms with van der Waals surface area (Å²) in [5, 5.41) is 3.40. The first-order valence-corrected chi connectivity index (χ1v) is 8.14. The molecule has 5 heteroatoms. The Morgan fingerprint density at radius 1 is 1.39 bits per heavy atom. The van der Waals surface area contributed by atoms with Crippen LogP contribution in [0.2, 0.25) is 0 Å². The van der Waals surface area contributed by atoms with E-state index in [0.29, 0.717) is 5.91 Å². The second kappa shape index (κ2) is 10.9. The number of nitrogens with zero attached hydrogens (tertiary/aromatic N) is 1. The molecule has 1 aliphatic heterocycles. The van der Waals surface area contributed by atoms with Gasteiger partial charge in [0, 0.05) is 19.5 Å². The van der Waals surface area contributed by atoms with E-state index in [4.69, 9.17) is 0 Å². The number of carbonyl (C=O) groups excluding carboxylic acids is 1. The first-order chi connectivity index (χ1) is 8.27. The summed E-state index contributed by atoms with van der Waals surface area (Å²) in [4.78, 5) is 14.0. The van der Waals surface area contributed by atoms with Crippen LogP contribution in [-0.2, 0) is 4.79 Å². The van der Waals surface area contributed by atoms with E-state index in [1.807, 2.05) is 11.8 Å². The fourth-order valence-corrected chi connectivity index (χ4v) is 2.69. The van der Waals surface area contributed by atoms with Crippen molar-refractivity contribution in [3.63, 3.8) is 0 Å². The lowest BCUT2D eigenvalue weighted by atomic mass is 9.96. The molecule has 0 saturated carbocycles. The highest BCUT2D eigenvalue weighted by molar-refractivity contribution is 7.98. The van der Waals surface area contributed by atoms with Crippen molar-refractivity contribution in [1.82, 2.24) is 10.2 Å². The largest absolute Gasteiger partial charge is 0.343 e. The molecular weight excluding hydrogens is 268 g/mol. The van der Waals surface area contributed by atoms with Gasteiger partial charge in [-0.1, -0.05) is 6.92 Å². The molecule has 3 nitrogen and oxygen atoms in total. The molecule has 1 rings (SSSR count). The number of likely N-dealkylation sites (tertiary alicyclic amines) is 1. The Hall–Kier alpha value is 0.0700. The van der Waals surface area contributed by atoms with E-state index < -0.39 is 0 Å². The van der Waals surface area contributed by atoms with Crippen LogP contribution < -0.4 is 5.32 Å². The van der Waals surface area contributed by atoms with E-state index in [2.05, 4.69) is 23.4 Å². The fourth-order valence-electron chi connectivity index (χ4n) is 2.26. The summed E-state index contributed by atoms with van der Waals surface area (Å²) in [6, 6.07) is 0. The number of nitrogens with one attached hydrogen (secondary N) is 1. The highest BCUT2D eigenvalue weighted by Crippen LogP contribution is 2.17. The number of piperidine rings is 1. The van der Waals surface area contributed by atoms with E-state index in [-0.39, 0.29) is 12.4 Å². The summed E-state index contributed by atoms with van der Waals surface area (Å²) < 4.78 is 0. The Labute approximate surface area is 122 Å².